The van der Waals surface area contributed by atoms with Gasteiger partial charge in [-0.3, -0.25) is 0 Å². The Labute approximate surface area is 256 Å². The van der Waals surface area contributed by atoms with Crippen LogP contribution in [0.1, 0.15) is 17.9 Å². The lowest BCUT2D eigenvalue weighted by atomic mass is 9.92. The van der Waals surface area contributed by atoms with E-state index in [1.807, 2.05) is 0 Å². The zero-order chi connectivity index (χ0) is 29.0. The molecule has 44 heavy (non-hydrogen) atoms. The normalized spacial score (nSPS) is 15.0. The van der Waals surface area contributed by atoms with Gasteiger partial charge in [0.05, 0.1) is 22.1 Å². The fraction of sp³-hybridized carbons (Fsp3) is 0.0476. The first-order chi connectivity index (χ1) is 21.8. The second-order valence-corrected chi connectivity index (χ2v) is 11.7. The molecule has 1 aliphatic carbocycles. The summed E-state index contributed by atoms with van der Waals surface area (Å²) in [5.41, 5.74) is 11.2. The average Bonchev–Trinajstić information content (AvgIpc) is 3.61. The van der Waals surface area contributed by atoms with Crippen LogP contribution >= 0.6 is 0 Å². The lowest BCUT2D eigenvalue weighted by Gasteiger charge is -2.18. The highest BCUT2D eigenvalue weighted by atomic mass is 15.0. The Kier molecular flexibility index (Phi) is 5.67. The van der Waals surface area contributed by atoms with Gasteiger partial charge in [0.2, 0.25) is 0 Å². The van der Waals surface area contributed by atoms with Crippen LogP contribution in [0.3, 0.4) is 0 Å². The van der Waals surface area contributed by atoms with Crippen molar-refractivity contribution >= 4 is 49.3 Å². The van der Waals surface area contributed by atoms with E-state index in [4.69, 9.17) is 0 Å². The molecule has 0 N–H and O–H groups in total. The summed E-state index contributed by atoms with van der Waals surface area (Å²) in [7, 11) is 0. The number of fused-ring (bicyclic) bond motifs is 6. The van der Waals surface area contributed by atoms with Gasteiger partial charge < -0.3 is 9.13 Å². The molecule has 0 saturated heterocycles. The van der Waals surface area contributed by atoms with Crippen molar-refractivity contribution in [2.45, 2.75) is 12.3 Å². The summed E-state index contributed by atoms with van der Waals surface area (Å²) in [6, 6.07) is 52.9. The van der Waals surface area contributed by atoms with Gasteiger partial charge in [0.25, 0.3) is 0 Å². The fourth-order valence-electron chi connectivity index (χ4n) is 7.16. The maximum atomic E-state index is 2.43. The third-order valence-corrected chi connectivity index (χ3v) is 9.26. The molecular formula is C42H30N2. The first-order valence-electron chi connectivity index (χ1n) is 15.4. The van der Waals surface area contributed by atoms with Gasteiger partial charge in [0.1, 0.15) is 0 Å². The molecule has 0 aliphatic heterocycles. The zero-order valence-corrected chi connectivity index (χ0v) is 24.3. The van der Waals surface area contributed by atoms with Crippen LogP contribution in [-0.2, 0) is 0 Å². The molecule has 2 heteroatoms. The van der Waals surface area contributed by atoms with Crippen LogP contribution in [0.2, 0.25) is 0 Å². The quantitative estimate of drug-likeness (QED) is 0.202. The van der Waals surface area contributed by atoms with Crippen molar-refractivity contribution in [3.8, 4) is 16.8 Å². The van der Waals surface area contributed by atoms with Gasteiger partial charge >= 0.3 is 0 Å². The summed E-state index contributed by atoms with van der Waals surface area (Å²) in [5, 5.41) is 5.11. The van der Waals surface area contributed by atoms with Crippen molar-refractivity contribution in [2.24, 2.45) is 0 Å². The lowest BCUT2D eigenvalue weighted by Crippen LogP contribution is -2.02. The Hall–Kier alpha value is -5.60. The molecule has 6 aromatic carbocycles. The van der Waals surface area contributed by atoms with Crippen LogP contribution in [0.15, 0.2) is 164 Å². The Bertz CT molecular complexity index is 2400. The summed E-state index contributed by atoms with van der Waals surface area (Å²) in [5.74, 6) is 0.419. The highest BCUT2D eigenvalue weighted by molar-refractivity contribution is 6.13. The first-order valence-corrected chi connectivity index (χ1v) is 15.4. The topological polar surface area (TPSA) is 9.86 Å². The minimum absolute atomic E-state index is 0.419. The van der Waals surface area contributed by atoms with Crippen molar-refractivity contribution in [1.29, 1.82) is 0 Å². The Morgan fingerprint density at radius 1 is 0.455 bits per heavy atom. The van der Waals surface area contributed by atoms with Crippen molar-refractivity contribution in [3.63, 3.8) is 0 Å². The molecule has 1 aliphatic rings. The Balaban J connectivity index is 1.17. The molecule has 1 atom stereocenters. The van der Waals surface area contributed by atoms with Crippen LogP contribution in [0.4, 0.5) is 0 Å². The van der Waals surface area contributed by atoms with E-state index in [9.17, 15) is 0 Å². The van der Waals surface area contributed by atoms with E-state index in [2.05, 4.69) is 173 Å². The van der Waals surface area contributed by atoms with Crippen LogP contribution in [0.25, 0.3) is 66.1 Å². The van der Waals surface area contributed by atoms with E-state index in [1.165, 1.54) is 71.7 Å². The maximum absolute atomic E-state index is 2.43. The molecule has 1 unspecified atom stereocenters. The molecule has 0 fully saturated rings. The lowest BCUT2D eigenvalue weighted by molar-refractivity contribution is 0.850. The molecule has 0 bridgehead atoms. The van der Waals surface area contributed by atoms with Crippen molar-refractivity contribution < 1.29 is 0 Å². The molecule has 0 spiro atoms. The van der Waals surface area contributed by atoms with Gasteiger partial charge in [0.15, 0.2) is 0 Å². The largest absolute Gasteiger partial charge is 0.310 e. The third-order valence-electron chi connectivity index (χ3n) is 9.26. The molecule has 8 aromatic rings. The number of hydrogen-bond acceptors (Lipinski definition) is 0. The first kappa shape index (κ1) is 24.9. The standard InChI is InChI=1S/C42H30N2/c1-3-11-29(12-4-1)30-19-23-34(24-20-30)44-40-18-10-8-16-36(40)38-28-32(22-26-42(38)44)31-21-25-41-37(27-31)35-15-7-9-17-39(35)43(41)33-13-5-2-6-14-33/h1-19,21-28,30H,20H2. The molecule has 0 saturated carbocycles. The van der Waals surface area contributed by atoms with E-state index >= 15 is 0 Å². The minimum atomic E-state index is 0.419. The Morgan fingerprint density at radius 3 is 1.59 bits per heavy atom. The SMILES string of the molecule is C1=CC(c2ccccc2)CC=C1n1c2ccccc2c2cc(-c3ccc4c(c3)c3ccccc3n4-c3ccccc3)ccc21. The molecule has 2 aromatic heterocycles. The summed E-state index contributed by atoms with van der Waals surface area (Å²) >= 11 is 0. The monoisotopic (exact) mass is 562 g/mol. The van der Waals surface area contributed by atoms with E-state index in [-0.39, 0.29) is 0 Å². The zero-order valence-electron chi connectivity index (χ0n) is 24.3. The molecule has 0 radical (unpaired) electrons. The Morgan fingerprint density at radius 2 is 0.977 bits per heavy atom. The number of para-hydroxylation sites is 3. The molecule has 2 nitrogen and oxygen atoms in total. The second kappa shape index (κ2) is 10.00. The summed E-state index contributed by atoms with van der Waals surface area (Å²) in [6.45, 7) is 0. The van der Waals surface area contributed by atoms with E-state index < -0.39 is 0 Å². The number of allylic oxidation sites excluding steroid dienone is 4. The predicted molar refractivity (Wildman–Crippen MR) is 186 cm³/mol. The van der Waals surface area contributed by atoms with E-state index in [0.717, 1.165) is 6.42 Å². The molecule has 208 valence electrons. The molecule has 0 amide bonds. The fourth-order valence-corrected chi connectivity index (χ4v) is 7.16. The highest BCUT2D eigenvalue weighted by Gasteiger charge is 2.18. The van der Waals surface area contributed by atoms with E-state index in [0.29, 0.717) is 5.92 Å². The van der Waals surface area contributed by atoms with Gasteiger partial charge in [-0.05, 0) is 77.7 Å². The van der Waals surface area contributed by atoms with Gasteiger partial charge in [-0.1, -0.05) is 109 Å². The highest BCUT2D eigenvalue weighted by Crippen LogP contribution is 2.39. The van der Waals surface area contributed by atoms with Gasteiger partial charge in [-0.25, -0.2) is 0 Å². The van der Waals surface area contributed by atoms with Crippen LogP contribution in [-0.4, -0.2) is 9.13 Å². The number of rotatable bonds is 4. The van der Waals surface area contributed by atoms with E-state index in [1.54, 1.807) is 0 Å². The molecule has 9 rings (SSSR count). The van der Waals surface area contributed by atoms with Crippen LogP contribution in [0.5, 0.6) is 0 Å². The summed E-state index contributed by atoms with van der Waals surface area (Å²) in [6.07, 6.45) is 8.06. The third kappa shape index (κ3) is 3.88. The second-order valence-electron chi connectivity index (χ2n) is 11.7. The number of hydrogen-bond donors (Lipinski definition) is 0. The predicted octanol–water partition coefficient (Wildman–Crippen LogP) is 11.1. The van der Waals surface area contributed by atoms with Crippen LogP contribution in [0, 0.1) is 0 Å². The number of nitrogens with zero attached hydrogens (tertiary/aromatic N) is 2. The van der Waals surface area contributed by atoms with Crippen molar-refractivity contribution in [1.82, 2.24) is 9.13 Å². The average molecular weight is 563 g/mol. The van der Waals surface area contributed by atoms with Crippen molar-refractivity contribution in [2.75, 3.05) is 0 Å². The maximum Gasteiger partial charge on any atom is 0.0541 e. The van der Waals surface area contributed by atoms with Gasteiger partial charge in [-0.2, -0.15) is 0 Å². The van der Waals surface area contributed by atoms with Crippen LogP contribution < -0.4 is 0 Å². The molecular weight excluding hydrogens is 532 g/mol. The summed E-state index contributed by atoms with van der Waals surface area (Å²) < 4.78 is 4.81. The smallest absolute Gasteiger partial charge is 0.0541 e. The number of benzene rings is 6. The molecule has 2 heterocycles. The summed E-state index contributed by atoms with van der Waals surface area (Å²) in [4.78, 5) is 0. The van der Waals surface area contributed by atoms with Gasteiger partial charge in [0, 0.05) is 38.8 Å². The minimum Gasteiger partial charge on any atom is -0.310 e. The number of aromatic nitrogens is 2. The van der Waals surface area contributed by atoms with Crippen molar-refractivity contribution in [3.05, 3.63) is 169 Å². The van der Waals surface area contributed by atoms with Gasteiger partial charge in [-0.15, -0.1) is 0 Å².